The van der Waals surface area contributed by atoms with E-state index in [1.165, 1.54) is 0 Å². The SMILES string of the molecule is Cc1nnc(N2CC[C@@]3(C[C@@H](NC(=O)N4CCCC4)CCO3)C2)s1. The number of likely N-dealkylation sites (tertiary alicyclic amines) is 1. The van der Waals surface area contributed by atoms with Crippen LogP contribution in [0.1, 0.15) is 37.1 Å². The molecule has 132 valence electrons. The Labute approximate surface area is 146 Å². The van der Waals surface area contributed by atoms with Crippen LogP contribution in [0.15, 0.2) is 0 Å². The second-order valence-corrected chi connectivity index (χ2v) is 8.30. The van der Waals surface area contributed by atoms with Crippen LogP contribution < -0.4 is 10.2 Å². The zero-order valence-corrected chi connectivity index (χ0v) is 15.0. The highest BCUT2D eigenvalue weighted by Gasteiger charge is 2.44. The molecule has 3 fully saturated rings. The summed E-state index contributed by atoms with van der Waals surface area (Å²) >= 11 is 1.63. The molecule has 4 heterocycles. The van der Waals surface area contributed by atoms with Gasteiger partial charge in [-0.2, -0.15) is 0 Å². The average Bonchev–Trinajstić information content (AvgIpc) is 3.28. The number of amides is 2. The maximum atomic E-state index is 12.4. The van der Waals surface area contributed by atoms with Crippen LogP contribution in [0.3, 0.4) is 0 Å². The zero-order valence-electron chi connectivity index (χ0n) is 14.2. The summed E-state index contributed by atoms with van der Waals surface area (Å²) in [5.74, 6) is 0. The fourth-order valence-corrected chi connectivity index (χ4v) is 4.76. The molecule has 3 aliphatic rings. The zero-order chi connectivity index (χ0) is 16.6. The van der Waals surface area contributed by atoms with Crippen molar-refractivity contribution in [3.05, 3.63) is 5.01 Å². The van der Waals surface area contributed by atoms with Crippen LogP contribution in [0, 0.1) is 6.92 Å². The molecule has 0 aliphatic carbocycles. The first-order valence-corrected chi connectivity index (χ1v) is 9.70. The summed E-state index contributed by atoms with van der Waals surface area (Å²) in [6.45, 7) is 6.27. The van der Waals surface area contributed by atoms with Crippen molar-refractivity contribution >= 4 is 22.5 Å². The smallest absolute Gasteiger partial charge is 0.317 e. The normalized spacial score (nSPS) is 30.3. The minimum Gasteiger partial charge on any atom is -0.373 e. The van der Waals surface area contributed by atoms with E-state index in [1.54, 1.807) is 11.3 Å². The Morgan fingerprint density at radius 1 is 1.33 bits per heavy atom. The third-order valence-corrected chi connectivity index (χ3v) is 6.22. The number of ether oxygens (including phenoxy) is 1. The summed E-state index contributed by atoms with van der Waals surface area (Å²) in [6.07, 6.45) is 5.03. The lowest BCUT2D eigenvalue weighted by Gasteiger charge is -2.38. The Kier molecular flexibility index (Phi) is 4.34. The summed E-state index contributed by atoms with van der Waals surface area (Å²) < 4.78 is 6.17. The number of carbonyl (C=O) groups excluding carboxylic acids is 1. The van der Waals surface area contributed by atoms with Gasteiger partial charge in [0, 0.05) is 38.8 Å². The van der Waals surface area contributed by atoms with Gasteiger partial charge in [0.25, 0.3) is 0 Å². The molecule has 0 aromatic carbocycles. The Hall–Kier alpha value is -1.41. The van der Waals surface area contributed by atoms with Gasteiger partial charge in [0.15, 0.2) is 0 Å². The maximum Gasteiger partial charge on any atom is 0.317 e. The predicted molar refractivity (Wildman–Crippen MR) is 92.5 cm³/mol. The van der Waals surface area contributed by atoms with E-state index in [-0.39, 0.29) is 17.7 Å². The van der Waals surface area contributed by atoms with E-state index in [0.29, 0.717) is 6.61 Å². The van der Waals surface area contributed by atoms with E-state index < -0.39 is 0 Å². The maximum absolute atomic E-state index is 12.4. The summed E-state index contributed by atoms with van der Waals surface area (Å²) in [5.41, 5.74) is -0.152. The molecule has 1 spiro atoms. The number of aryl methyl sites for hydroxylation is 1. The Bertz CT molecular complexity index is 603. The molecule has 1 aromatic rings. The van der Waals surface area contributed by atoms with Gasteiger partial charge in [0.05, 0.1) is 5.60 Å². The second kappa shape index (κ2) is 6.48. The topological polar surface area (TPSA) is 70.6 Å². The lowest BCUT2D eigenvalue weighted by Crippen LogP contribution is -2.52. The summed E-state index contributed by atoms with van der Waals surface area (Å²) in [7, 11) is 0. The quantitative estimate of drug-likeness (QED) is 0.879. The molecule has 8 heteroatoms. The van der Waals surface area contributed by atoms with Crippen LogP contribution in [0.4, 0.5) is 9.93 Å². The third kappa shape index (κ3) is 3.21. The molecule has 0 radical (unpaired) electrons. The molecular formula is C16H25N5O2S. The van der Waals surface area contributed by atoms with Gasteiger partial charge in [-0.05, 0) is 39.0 Å². The molecule has 0 saturated carbocycles. The van der Waals surface area contributed by atoms with E-state index in [2.05, 4.69) is 20.4 Å². The average molecular weight is 351 g/mol. The molecule has 0 unspecified atom stereocenters. The molecule has 7 nitrogen and oxygen atoms in total. The van der Waals surface area contributed by atoms with E-state index in [1.807, 2.05) is 11.8 Å². The number of carbonyl (C=O) groups is 1. The molecule has 1 aromatic heterocycles. The monoisotopic (exact) mass is 351 g/mol. The Morgan fingerprint density at radius 2 is 2.17 bits per heavy atom. The van der Waals surface area contributed by atoms with Crippen LogP contribution in [-0.4, -0.2) is 65.6 Å². The molecule has 1 N–H and O–H groups in total. The Balaban J connectivity index is 1.37. The number of urea groups is 1. The molecule has 24 heavy (non-hydrogen) atoms. The van der Waals surface area contributed by atoms with Gasteiger partial charge >= 0.3 is 6.03 Å². The molecule has 2 amide bonds. The van der Waals surface area contributed by atoms with Crippen molar-refractivity contribution in [2.75, 3.05) is 37.7 Å². The fraction of sp³-hybridized carbons (Fsp3) is 0.812. The van der Waals surface area contributed by atoms with Crippen molar-refractivity contribution in [1.82, 2.24) is 20.4 Å². The third-order valence-electron chi connectivity index (χ3n) is 5.32. The van der Waals surface area contributed by atoms with Gasteiger partial charge < -0.3 is 19.9 Å². The first kappa shape index (κ1) is 16.1. The van der Waals surface area contributed by atoms with Gasteiger partial charge in [0.1, 0.15) is 5.01 Å². The van der Waals surface area contributed by atoms with Gasteiger partial charge in [-0.15, -0.1) is 10.2 Å². The summed E-state index contributed by atoms with van der Waals surface area (Å²) in [4.78, 5) is 16.6. The number of aromatic nitrogens is 2. The van der Waals surface area contributed by atoms with Crippen molar-refractivity contribution in [3.63, 3.8) is 0 Å². The molecule has 0 bridgehead atoms. The van der Waals surface area contributed by atoms with Crippen molar-refractivity contribution in [1.29, 1.82) is 0 Å². The van der Waals surface area contributed by atoms with Crippen molar-refractivity contribution in [2.24, 2.45) is 0 Å². The predicted octanol–water partition coefficient (Wildman–Crippen LogP) is 1.78. The number of rotatable bonds is 2. The lowest BCUT2D eigenvalue weighted by atomic mass is 9.89. The van der Waals surface area contributed by atoms with Gasteiger partial charge in [-0.3, -0.25) is 0 Å². The minimum absolute atomic E-state index is 0.101. The van der Waals surface area contributed by atoms with Gasteiger partial charge in [-0.25, -0.2) is 4.79 Å². The van der Waals surface area contributed by atoms with Crippen LogP contribution >= 0.6 is 11.3 Å². The first-order chi connectivity index (χ1) is 11.6. The van der Waals surface area contributed by atoms with Gasteiger partial charge in [0.2, 0.25) is 5.13 Å². The summed E-state index contributed by atoms with van der Waals surface area (Å²) in [5, 5.41) is 13.6. The number of anilines is 1. The van der Waals surface area contributed by atoms with Crippen LogP contribution in [0.2, 0.25) is 0 Å². The molecule has 2 atom stereocenters. The van der Waals surface area contributed by atoms with Crippen LogP contribution in [0.5, 0.6) is 0 Å². The number of nitrogens with one attached hydrogen (secondary N) is 1. The van der Waals surface area contributed by atoms with E-state index in [4.69, 9.17) is 4.74 Å². The van der Waals surface area contributed by atoms with E-state index in [0.717, 1.165) is 68.4 Å². The molecule has 3 aliphatic heterocycles. The standard InChI is InChI=1S/C16H25N5O2S/c1-12-18-19-15(24-12)21-8-5-16(11-21)10-13(4-9-23-16)17-14(22)20-6-2-3-7-20/h13H,2-11H2,1H3,(H,17,22)/t13-,16+/m0/s1. The number of hydrogen-bond donors (Lipinski definition) is 1. The van der Waals surface area contributed by atoms with Gasteiger partial charge in [-0.1, -0.05) is 11.3 Å². The molecular weight excluding hydrogens is 326 g/mol. The molecule has 4 rings (SSSR count). The lowest BCUT2D eigenvalue weighted by molar-refractivity contribution is -0.0720. The molecule has 3 saturated heterocycles. The minimum atomic E-state index is -0.152. The largest absolute Gasteiger partial charge is 0.373 e. The second-order valence-electron chi connectivity index (χ2n) is 7.14. The highest BCUT2D eigenvalue weighted by atomic mass is 32.1. The van der Waals surface area contributed by atoms with E-state index in [9.17, 15) is 4.79 Å². The summed E-state index contributed by atoms with van der Waals surface area (Å²) in [6, 6.07) is 0.312. The fourth-order valence-electron chi connectivity index (χ4n) is 4.04. The number of hydrogen-bond acceptors (Lipinski definition) is 6. The van der Waals surface area contributed by atoms with Crippen LogP contribution in [-0.2, 0) is 4.74 Å². The van der Waals surface area contributed by atoms with Crippen molar-refractivity contribution in [3.8, 4) is 0 Å². The number of nitrogens with zero attached hydrogens (tertiary/aromatic N) is 4. The Morgan fingerprint density at radius 3 is 2.92 bits per heavy atom. The van der Waals surface area contributed by atoms with Crippen LogP contribution in [0.25, 0.3) is 0 Å². The highest BCUT2D eigenvalue weighted by Crippen LogP contribution is 2.37. The van der Waals surface area contributed by atoms with Crippen molar-refractivity contribution in [2.45, 2.75) is 50.7 Å². The van der Waals surface area contributed by atoms with Crippen molar-refractivity contribution < 1.29 is 9.53 Å². The van der Waals surface area contributed by atoms with E-state index >= 15 is 0 Å². The highest BCUT2D eigenvalue weighted by molar-refractivity contribution is 7.15. The first-order valence-electron chi connectivity index (χ1n) is 8.88.